The van der Waals surface area contributed by atoms with Gasteiger partial charge in [0.2, 0.25) is 0 Å². The number of para-hydroxylation sites is 1. The summed E-state index contributed by atoms with van der Waals surface area (Å²) in [5, 5.41) is 4.65. The van der Waals surface area contributed by atoms with E-state index in [1.807, 2.05) is 24.3 Å². The van der Waals surface area contributed by atoms with Crippen LogP contribution in [-0.2, 0) is 0 Å². The van der Waals surface area contributed by atoms with Crippen molar-refractivity contribution in [3.05, 3.63) is 30.6 Å². The first-order valence-electron chi connectivity index (χ1n) is 8.44. The molecule has 23 heavy (non-hydrogen) atoms. The molecule has 0 radical (unpaired) electrons. The molecule has 118 valence electrons. The van der Waals surface area contributed by atoms with Gasteiger partial charge in [0.25, 0.3) is 0 Å². The van der Waals surface area contributed by atoms with E-state index < -0.39 is 0 Å². The number of nitrogens with one attached hydrogen (secondary N) is 1. The van der Waals surface area contributed by atoms with Gasteiger partial charge in [-0.25, -0.2) is 9.97 Å². The highest BCUT2D eigenvalue weighted by Gasteiger charge is 2.39. The Morgan fingerprint density at radius 3 is 2.96 bits per heavy atom. The smallest absolute Gasteiger partial charge is 0.196 e. The van der Waals surface area contributed by atoms with Crippen LogP contribution in [0.2, 0.25) is 0 Å². The SMILES string of the molecule is CC1CC(Nc2ncnc3c2oc2ccccc23)CN1C1CC1. The van der Waals surface area contributed by atoms with Crippen LogP contribution in [0.15, 0.2) is 35.0 Å². The second kappa shape index (κ2) is 4.93. The van der Waals surface area contributed by atoms with Crippen molar-refractivity contribution in [1.82, 2.24) is 14.9 Å². The monoisotopic (exact) mass is 308 g/mol. The average molecular weight is 308 g/mol. The Morgan fingerprint density at radius 1 is 1.22 bits per heavy atom. The largest absolute Gasteiger partial charge is 0.450 e. The van der Waals surface area contributed by atoms with Crippen molar-refractivity contribution in [2.75, 3.05) is 11.9 Å². The number of benzene rings is 1. The lowest BCUT2D eigenvalue weighted by Gasteiger charge is -2.19. The summed E-state index contributed by atoms with van der Waals surface area (Å²) in [6.07, 6.45) is 5.50. The van der Waals surface area contributed by atoms with Gasteiger partial charge in [-0.1, -0.05) is 12.1 Å². The summed E-state index contributed by atoms with van der Waals surface area (Å²) in [6.45, 7) is 3.42. The van der Waals surface area contributed by atoms with Crippen molar-refractivity contribution in [2.24, 2.45) is 0 Å². The Morgan fingerprint density at radius 2 is 2.09 bits per heavy atom. The first-order chi connectivity index (χ1) is 11.3. The molecule has 0 amide bonds. The molecule has 0 bridgehead atoms. The van der Waals surface area contributed by atoms with Gasteiger partial charge in [0.15, 0.2) is 11.4 Å². The van der Waals surface area contributed by atoms with Crippen molar-refractivity contribution in [3.8, 4) is 0 Å². The van der Waals surface area contributed by atoms with E-state index in [4.69, 9.17) is 4.42 Å². The lowest BCUT2D eigenvalue weighted by Crippen LogP contribution is -2.31. The number of rotatable bonds is 3. The summed E-state index contributed by atoms with van der Waals surface area (Å²) in [5.41, 5.74) is 2.53. The third-order valence-corrected chi connectivity index (χ3v) is 5.14. The summed E-state index contributed by atoms with van der Waals surface area (Å²) in [5.74, 6) is 0.820. The van der Waals surface area contributed by atoms with E-state index in [1.165, 1.54) is 12.8 Å². The number of furan rings is 1. The molecule has 5 nitrogen and oxygen atoms in total. The molecule has 3 heterocycles. The van der Waals surface area contributed by atoms with Crippen LogP contribution in [0.25, 0.3) is 22.1 Å². The molecule has 2 unspecified atom stereocenters. The van der Waals surface area contributed by atoms with Crippen LogP contribution >= 0.6 is 0 Å². The zero-order valence-electron chi connectivity index (χ0n) is 13.2. The van der Waals surface area contributed by atoms with E-state index >= 15 is 0 Å². The zero-order valence-corrected chi connectivity index (χ0v) is 13.2. The van der Waals surface area contributed by atoms with E-state index in [9.17, 15) is 0 Å². The molecule has 1 saturated carbocycles. The van der Waals surface area contributed by atoms with E-state index in [1.54, 1.807) is 6.33 Å². The molecule has 3 aromatic rings. The molecule has 2 aromatic heterocycles. The molecular formula is C18H20N4O. The normalized spacial score (nSPS) is 25.4. The maximum absolute atomic E-state index is 6.01. The maximum atomic E-state index is 6.01. The number of nitrogens with zero attached hydrogens (tertiary/aromatic N) is 3. The van der Waals surface area contributed by atoms with Crippen LogP contribution < -0.4 is 5.32 Å². The van der Waals surface area contributed by atoms with Crippen LogP contribution in [0, 0.1) is 0 Å². The summed E-state index contributed by atoms with van der Waals surface area (Å²) >= 11 is 0. The third-order valence-electron chi connectivity index (χ3n) is 5.14. The topological polar surface area (TPSA) is 54.2 Å². The van der Waals surface area contributed by atoms with Crippen LogP contribution in [0.3, 0.4) is 0 Å². The minimum Gasteiger partial charge on any atom is -0.450 e. The maximum Gasteiger partial charge on any atom is 0.196 e. The fourth-order valence-corrected chi connectivity index (χ4v) is 3.90. The van der Waals surface area contributed by atoms with Gasteiger partial charge in [-0.05, 0) is 38.3 Å². The molecule has 1 aliphatic carbocycles. The molecule has 2 fully saturated rings. The predicted octanol–water partition coefficient (Wildman–Crippen LogP) is 3.41. The van der Waals surface area contributed by atoms with Crippen molar-refractivity contribution in [1.29, 1.82) is 0 Å². The second-order valence-corrected chi connectivity index (χ2v) is 6.85. The molecule has 5 heteroatoms. The van der Waals surface area contributed by atoms with Crippen molar-refractivity contribution >= 4 is 27.9 Å². The number of hydrogen-bond acceptors (Lipinski definition) is 5. The van der Waals surface area contributed by atoms with Gasteiger partial charge in [-0.3, -0.25) is 4.90 Å². The molecule has 1 aliphatic heterocycles. The van der Waals surface area contributed by atoms with E-state index in [0.717, 1.165) is 46.9 Å². The van der Waals surface area contributed by atoms with Gasteiger partial charge in [0, 0.05) is 30.1 Å². The van der Waals surface area contributed by atoms with E-state index in [0.29, 0.717) is 12.1 Å². The van der Waals surface area contributed by atoms with Gasteiger partial charge in [-0.15, -0.1) is 0 Å². The van der Waals surface area contributed by atoms with Gasteiger partial charge >= 0.3 is 0 Å². The highest BCUT2D eigenvalue weighted by molar-refractivity contribution is 6.05. The first-order valence-corrected chi connectivity index (χ1v) is 8.44. The van der Waals surface area contributed by atoms with Crippen LogP contribution in [0.5, 0.6) is 0 Å². The zero-order chi connectivity index (χ0) is 15.4. The molecule has 1 N–H and O–H groups in total. The second-order valence-electron chi connectivity index (χ2n) is 6.85. The van der Waals surface area contributed by atoms with E-state index in [2.05, 4.69) is 27.1 Å². The Balaban J connectivity index is 1.48. The molecular weight excluding hydrogens is 288 g/mol. The van der Waals surface area contributed by atoms with Crippen molar-refractivity contribution < 1.29 is 4.42 Å². The van der Waals surface area contributed by atoms with Crippen molar-refractivity contribution in [2.45, 2.75) is 44.3 Å². The van der Waals surface area contributed by atoms with Gasteiger partial charge in [0.1, 0.15) is 17.4 Å². The number of hydrogen-bond donors (Lipinski definition) is 1. The number of anilines is 1. The number of likely N-dealkylation sites (tertiary alicyclic amines) is 1. The van der Waals surface area contributed by atoms with E-state index in [-0.39, 0.29) is 0 Å². The highest BCUT2D eigenvalue weighted by atomic mass is 16.3. The lowest BCUT2D eigenvalue weighted by molar-refractivity contribution is 0.257. The summed E-state index contributed by atoms with van der Waals surface area (Å²) in [4.78, 5) is 11.5. The molecule has 1 saturated heterocycles. The molecule has 2 atom stereocenters. The Bertz CT molecular complexity index is 870. The van der Waals surface area contributed by atoms with Crippen LogP contribution in [0.4, 0.5) is 5.82 Å². The predicted molar refractivity (Wildman–Crippen MR) is 90.5 cm³/mol. The van der Waals surface area contributed by atoms with Crippen molar-refractivity contribution in [3.63, 3.8) is 0 Å². The van der Waals surface area contributed by atoms with Crippen LogP contribution in [0.1, 0.15) is 26.2 Å². The molecule has 2 aliphatic rings. The average Bonchev–Trinajstić information content (AvgIpc) is 3.23. The number of aromatic nitrogens is 2. The fourth-order valence-electron chi connectivity index (χ4n) is 3.90. The summed E-state index contributed by atoms with van der Waals surface area (Å²) < 4.78 is 6.01. The Kier molecular flexibility index (Phi) is 2.85. The minimum absolute atomic E-state index is 0.428. The molecule has 5 rings (SSSR count). The Hall–Kier alpha value is -2.14. The molecule has 0 spiro atoms. The highest BCUT2D eigenvalue weighted by Crippen LogP contribution is 2.35. The van der Waals surface area contributed by atoms with Gasteiger partial charge < -0.3 is 9.73 Å². The lowest BCUT2D eigenvalue weighted by atomic mass is 10.2. The van der Waals surface area contributed by atoms with Crippen LogP contribution in [-0.4, -0.2) is 39.5 Å². The fraction of sp³-hybridized carbons (Fsp3) is 0.444. The summed E-state index contributed by atoms with van der Waals surface area (Å²) in [6, 6.07) is 9.91. The standard InChI is InChI=1S/C18H20N4O/c1-11-8-12(9-22(11)13-6-7-13)21-18-17-16(19-10-20-18)14-4-2-3-5-15(14)23-17/h2-5,10-13H,6-9H2,1H3,(H,19,20,21). The summed E-state index contributed by atoms with van der Waals surface area (Å²) in [7, 11) is 0. The van der Waals surface area contributed by atoms with Gasteiger partial charge in [-0.2, -0.15) is 0 Å². The molecule has 1 aromatic carbocycles. The third kappa shape index (κ3) is 2.18. The number of fused-ring (bicyclic) bond motifs is 3. The van der Waals surface area contributed by atoms with Gasteiger partial charge in [0.05, 0.1) is 0 Å². The quantitative estimate of drug-likeness (QED) is 0.803. The first kappa shape index (κ1) is 13.3. The minimum atomic E-state index is 0.428. The Labute approximate surface area is 134 Å².